The topological polar surface area (TPSA) is 15.3 Å². The van der Waals surface area contributed by atoms with Crippen molar-refractivity contribution >= 4 is 16.5 Å². The minimum Gasteiger partial charge on any atom is -0.369 e. The largest absolute Gasteiger partial charge is 0.369 e. The third kappa shape index (κ3) is 2.66. The van der Waals surface area contributed by atoms with Crippen LogP contribution in [0.15, 0.2) is 42.5 Å². The Labute approximate surface area is 121 Å². The minimum absolute atomic E-state index is 0.606. The number of fused-ring (bicyclic) bond motifs is 1. The lowest BCUT2D eigenvalue weighted by molar-refractivity contribution is 0.374. The molecule has 106 valence electrons. The van der Waals surface area contributed by atoms with Crippen LogP contribution in [0.5, 0.6) is 0 Å². The molecular weight excluding hydrogens is 244 g/mol. The lowest BCUT2D eigenvalue weighted by atomic mass is 9.97. The number of hydrogen-bond acceptors (Lipinski definition) is 2. The standard InChI is InChI=1S/C18H24N2/c1-3-19-17-10-11-20(14(2)12-17)18-9-8-15-6-4-5-7-16(15)13-18/h4-9,13-14,17,19H,3,10-12H2,1-2H3. The highest BCUT2D eigenvalue weighted by Gasteiger charge is 2.24. The number of piperidine rings is 1. The lowest BCUT2D eigenvalue weighted by Gasteiger charge is -2.39. The van der Waals surface area contributed by atoms with Gasteiger partial charge in [0, 0.05) is 24.3 Å². The average Bonchev–Trinajstić information content (AvgIpc) is 2.47. The van der Waals surface area contributed by atoms with E-state index in [0.29, 0.717) is 12.1 Å². The molecule has 2 unspecified atom stereocenters. The van der Waals surface area contributed by atoms with Gasteiger partial charge < -0.3 is 10.2 Å². The summed E-state index contributed by atoms with van der Waals surface area (Å²) in [6.07, 6.45) is 2.48. The zero-order chi connectivity index (χ0) is 13.9. The molecule has 2 nitrogen and oxygen atoms in total. The second kappa shape index (κ2) is 5.84. The molecule has 0 radical (unpaired) electrons. The molecule has 2 atom stereocenters. The molecule has 0 saturated carbocycles. The van der Waals surface area contributed by atoms with Crippen LogP contribution < -0.4 is 10.2 Å². The average molecular weight is 268 g/mol. The van der Waals surface area contributed by atoms with Gasteiger partial charge in [0.05, 0.1) is 0 Å². The normalized spacial score (nSPS) is 23.2. The summed E-state index contributed by atoms with van der Waals surface area (Å²) in [5.41, 5.74) is 1.37. The first-order valence-corrected chi connectivity index (χ1v) is 7.76. The molecule has 1 saturated heterocycles. The van der Waals surface area contributed by atoms with E-state index in [9.17, 15) is 0 Å². The molecule has 0 aromatic heterocycles. The van der Waals surface area contributed by atoms with Crippen molar-refractivity contribution in [2.45, 2.75) is 38.8 Å². The van der Waals surface area contributed by atoms with Gasteiger partial charge in [0.1, 0.15) is 0 Å². The van der Waals surface area contributed by atoms with E-state index < -0.39 is 0 Å². The first-order valence-electron chi connectivity index (χ1n) is 7.76. The van der Waals surface area contributed by atoms with Crippen molar-refractivity contribution in [3.63, 3.8) is 0 Å². The van der Waals surface area contributed by atoms with E-state index in [1.54, 1.807) is 0 Å². The van der Waals surface area contributed by atoms with Crippen LogP contribution in [-0.4, -0.2) is 25.2 Å². The summed E-state index contributed by atoms with van der Waals surface area (Å²) in [4.78, 5) is 2.56. The van der Waals surface area contributed by atoms with Gasteiger partial charge in [-0.1, -0.05) is 37.3 Å². The molecule has 1 aliphatic heterocycles. The summed E-state index contributed by atoms with van der Waals surface area (Å²) in [7, 11) is 0. The maximum atomic E-state index is 3.59. The Balaban J connectivity index is 1.81. The van der Waals surface area contributed by atoms with E-state index in [1.165, 1.54) is 29.3 Å². The van der Waals surface area contributed by atoms with E-state index in [0.717, 1.165) is 13.1 Å². The maximum absolute atomic E-state index is 3.59. The predicted molar refractivity (Wildman–Crippen MR) is 87.5 cm³/mol. The smallest absolute Gasteiger partial charge is 0.0375 e. The lowest BCUT2D eigenvalue weighted by Crippen LogP contribution is -2.47. The van der Waals surface area contributed by atoms with Gasteiger partial charge in [0.25, 0.3) is 0 Å². The molecule has 1 N–H and O–H groups in total. The molecule has 1 aliphatic rings. The highest BCUT2D eigenvalue weighted by molar-refractivity contribution is 5.85. The van der Waals surface area contributed by atoms with Gasteiger partial charge in [-0.05, 0) is 49.2 Å². The van der Waals surface area contributed by atoms with Crippen molar-refractivity contribution in [1.82, 2.24) is 5.32 Å². The SMILES string of the molecule is CCNC1CCN(c2ccc3ccccc3c2)C(C)C1. The third-order valence-electron chi connectivity index (χ3n) is 4.43. The molecule has 0 bridgehead atoms. The Bertz CT molecular complexity index is 578. The van der Waals surface area contributed by atoms with Crippen LogP contribution in [0, 0.1) is 0 Å². The van der Waals surface area contributed by atoms with E-state index in [4.69, 9.17) is 0 Å². The van der Waals surface area contributed by atoms with E-state index in [2.05, 4.69) is 66.5 Å². The maximum Gasteiger partial charge on any atom is 0.0375 e. The Hall–Kier alpha value is -1.54. The molecule has 0 aliphatic carbocycles. The van der Waals surface area contributed by atoms with Crippen LogP contribution in [-0.2, 0) is 0 Å². The molecule has 1 fully saturated rings. The quantitative estimate of drug-likeness (QED) is 0.910. The zero-order valence-corrected chi connectivity index (χ0v) is 12.5. The van der Waals surface area contributed by atoms with Crippen LogP contribution in [0.3, 0.4) is 0 Å². The molecule has 2 aromatic carbocycles. The van der Waals surface area contributed by atoms with Crippen molar-refractivity contribution in [1.29, 1.82) is 0 Å². The Kier molecular flexibility index (Phi) is 3.93. The number of nitrogens with zero attached hydrogens (tertiary/aromatic N) is 1. The fourth-order valence-corrected chi connectivity index (χ4v) is 3.39. The van der Waals surface area contributed by atoms with E-state index in [1.807, 2.05) is 0 Å². The highest BCUT2D eigenvalue weighted by Crippen LogP contribution is 2.28. The van der Waals surface area contributed by atoms with Gasteiger partial charge in [-0.3, -0.25) is 0 Å². The van der Waals surface area contributed by atoms with Crippen LogP contribution >= 0.6 is 0 Å². The Morgan fingerprint density at radius 1 is 1.15 bits per heavy atom. The second-order valence-corrected chi connectivity index (χ2v) is 5.85. The van der Waals surface area contributed by atoms with Crippen molar-refractivity contribution < 1.29 is 0 Å². The van der Waals surface area contributed by atoms with Crippen molar-refractivity contribution in [3.05, 3.63) is 42.5 Å². The number of anilines is 1. The third-order valence-corrected chi connectivity index (χ3v) is 4.43. The molecular formula is C18H24N2. The molecule has 2 aromatic rings. The minimum atomic E-state index is 0.606. The molecule has 0 amide bonds. The fourth-order valence-electron chi connectivity index (χ4n) is 3.39. The summed E-state index contributed by atoms with van der Waals surface area (Å²) in [6.45, 7) is 6.77. The number of benzene rings is 2. The number of rotatable bonds is 3. The summed E-state index contributed by atoms with van der Waals surface area (Å²) < 4.78 is 0. The van der Waals surface area contributed by atoms with Crippen molar-refractivity contribution in [2.75, 3.05) is 18.0 Å². The summed E-state index contributed by atoms with van der Waals surface area (Å²) in [5.74, 6) is 0. The number of hydrogen-bond donors (Lipinski definition) is 1. The van der Waals surface area contributed by atoms with Crippen LogP contribution in [0.1, 0.15) is 26.7 Å². The zero-order valence-electron chi connectivity index (χ0n) is 12.5. The van der Waals surface area contributed by atoms with Crippen LogP contribution in [0.4, 0.5) is 5.69 Å². The monoisotopic (exact) mass is 268 g/mol. The molecule has 1 heterocycles. The summed E-state index contributed by atoms with van der Waals surface area (Å²) in [5, 5.41) is 6.25. The van der Waals surface area contributed by atoms with Gasteiger partial charge in [-0.25, -0.2) is 0 Å². The van der Waals surface area contributed by atoms with Crippen molar-refractivity contribution in [2.24, 2.45) is 0 Å². The Morgan fingerprint density at radius 3 is 2.70 bits per heavy atom. The van der Waals surface area contributed by atoms with Gasteiger partial charge >= 0.3 is 0 Å². The fraction of sp³-hybridized carbons (Fsp3) is 0.444. The predicted octanol–water partition coefficient (Wildman–Crippen LogP) is 3.81. The van der Waals surface area contributed by atoms with Crippen molar-refractivity contribution in [3.8, 4) is 0 Å². The van der Waals surface area contributed by atoms with Gasteiger partial charge in [0.2, 0.25) is 0 Å². The van der Waals surface area contributed by atoms with E-state index >= 15 is 0 Å². The molecule has 0 spiro atoms. The van der Waals surface area contributed by atoms with Crippen LogP contribution in [0.2, 0.25) is 0 Å². The summed E-state index contributed by atoms with van der Waals surface area (Å²) >= 11 is 0. The second-order valence-electron chi connectivity index (χ2n) is 5.85. The first kappa shape index (κ1) is 13.4. The van der Waals surface area contributed by atoms with Crippen LogP contribution in [0.25, 0.3) is 10.8 Å². The molecule has 2 heteroatoms. The Morgan fingerprint density at radius 2 is 1.95 bits per heavy atom. The first-order chi connectivity index (χ1) is 9.78. The highest BCUT2D eigenvalue weighted by atomic mass is 15.2. The molecule has 20 heavy (non-hydrogen) atoms. The van der Waals surface area contributed by atoms with Gasteiger partial charge in [-0.15, -0.1) is 0 Å². The molecule has 3 rings (SSSR count). The van der Waals surface area contributed by atoms with Gasteiger partial charge in [0.15, 0.2) is 0 Å². The summed E-state index contributed by atoms with van der Waals surface area (Å²) in [6, 6.07) is 16.7. The van der Waals surface area contributed by atoms with Gasteiger partial charge in [-0.2, -0.15) is 0 Å². The van der Waals surface area contributed by atoms with E-state index in [-0.39, 0.29) is 0 Å². The number of nitrogens with one attached hydrogen (secondary N) is 1.